The summed E-state index contributed by atoms with van der Waals surface area (Å²) in [5, 5.41) is 2.67. The van der Waals surface area contributed by atoms with Gasteiger partial charge in [0, 0.05) is 0 Å². The Labute approximate surface area is 337 Å². The molecule has 0 aliphatic rings. The summed E-state index contributed by atoms with van der Waals surface area (Å²) in [6.07, 6.45) is 0. The molecule has 6 rings (SSSR count). The van der Waals surface area contributed by atoms with Crippen molar-refractivity contribution in [3.8, 4) is 11.1 Å². The van der Waals surface area contributed by atoms with Crippen LogP contribution in [-0.4, -0.2) is 0 Å². The number of rotatable bonds is 1. The number of fused-ring (bicyclic) bond motifs is 1. The molecule has 6 aromatic carbocycles. The lowest BCUT2D eigenvalue weighted by atomic mass is 10.0. The lowest BCUT2D eigenvalue weighted by molar-refractivity contribution is 1.39. The lowest BCUT2D eigenvalue weighted by Crippen LogP contribution is -1.78. The summed E-state index contributed by atoms with van der Waals surface area (Å²) in [5.74, 6) is 0. The molecule has 298 valence electrons. The van der Waals surface area contributed by atoms with Crippen molar-refractivity contribution in [1.82, 2.24) is 0 Å². The molecule has 0 saturated heterocycles. The lowest BCUT2D eigenvalue weighted by Gasteiger charge is -2.02. The van der Waals surface area contributed by atoms with Gasteiger partial charge >= 0.3 is 0 Å². The molecule has 0 aromatic heterocycles. The third-order valence-corrected chi connectivity index (χ3v) is 6.98. The quantitative estimate of drug-likeness (QED) is 0.158. The SMILES string of the molecule is CC.CC.CC.CC.CC.CC.Cc1ccc(-c2ccc(C)cc2)cc1.Cc1ccc(C)cc1.Cc1ccc2cc(C)ccc2c1.Cc1cccc(C)c1. The summed E-state index contributed by atoms with van der Waals surface area (Å²) < 4.78 is 0. The van der Waals surface area contributed by atoms with Crippen molar-refractivity contribution >= 4 is 10.8 Å². The van der Waals surface area contributed by atoms with Crippen LogP contribution in [0, 0.1) is 55.4 Å². The van der Waals surface area contributed by atoms with Crippen LogP contribution in [0.4, 0.5) is 0 Å². The highest BCUT2D eigenvalue weighted by Gasteiger charge is 1.96. The Morgan fingerprint density at radius 1 is 0.204 bits per heavy atom. The zero-order valence-corrected chi connectivity index (χ0v) is 38.7. The molecule has 0 fully saturated rings. The fourth-order valence-electron chi connectivity index (χ4n) is 4.42. The Hall–Kier alpha value is -4.42. The minimum Gasteiger partial charge on any atom is -0.0683 e. The highest BCUT2D eigenvalue weighted by atomic mass is 14.0. The van der Waals surface area contributed by atoms with Gasteiger partial charge in [0.25, 0.3) is 0 Å². The smallest absolute Gasteiger partial charge is 0.0181 e. The van der Waals surface area contributed by atoms with E-state index < -0.39 is 0 Å². The molecule has 0 amide bonds. The molecule has 0 aliphatic heterocycles. The van der Waals surface area contributed by atoms with E-state index in [0.717, 1.165) is 0 Å². The van der Waals surface area contributed by atoms with Crippen molar-refractivity contribution < 1.29 is 0 Å². The van der Waals surface area contributed by atoms with E-state index in [1.54, 1.807) is 0 Å². The molecule has 0 nitrogen and oxygen atoms in total. The molecular formula is C54H82. The molecule has 0 heterocycles. The maximum atomic E-state index is 2.22. The molecule has 0 heteroatoms. The van der Waals surface area contributed by atoms with E-state index in [-0.39, 0.29) is 0 Å². The molecule has 0 bridgehead atoms. The maximum absolute atomic E-state index is 2.22. The Balaban J connectivity index is -0.000000287. The average molecular weight is 731 g/mol. The molecule has 0 unspecified atom stereocenters. The summed E-state index contributed by atoms with van der Waals surface area (Å²) in [4.78, 5) is 0. The van der Waals surface area contributed by atoms with Gasteiger partial charge in [-0.1, -0.05) is 261 Å². The average Bonchev–Trinajstić information content (AvgIpc) is 3.22. The van der Waals surface area contributed by atoms with Crippen LogP contribution in [0.25, 0.3) is 21.9 Å². The van der Waals surface area contributed by atoms with Gasteiger partial charge in [0.1, 0.15) is 0 Å². The second kappa shape index (κ2) is 38.3. The number of aryl methyl sites for hydroxylation is 8. The van der Waals surface area contributed by atoms with E-state index in [0.29, 0.717) is 0 Å². The van der Waals surface area contributed by atoms with Crippen molar-refractivity contribution in [2.75, 3.05) is 0 Å². The van der Waals surface area contributed by atoms with E-state index in [1.807, 2.05) is 83.1 Å². The third-order valence-electron chi connectivity index (χ3n) is 6.98. The Morgan fingerprint density at radius 2 is 0.407 bits per heavy atom. The van der Waals surface area contributed by atoms with Gasteiger partial charge in [-0.05, 0) is 77.3 Å². The predicted molar refractivity (Wildman–Crippen MR) is 255 cm³/mol. The first-order chi connectivity index (χ1) is 26.1. The third kappa shape index (κ3) is 27.2. The molecule has 0 radical (unpaired) electrons. The highest BCUT2D eigenvalue weighted by Crippen LogP contribution is 2.20. The van der Waals surface area contributed by atoms with Gasteiger partial charge in [0.2, 0.25) is 0 Å². The second-order valence-corrected chi connectivity index (χ2v) is 11.4. The van der Waals surface area contributed by atoms with Gasteiger partial charge in [-0.15, -0.1) is 0 Å². The summed E-state index contributed by atoms with van der Waals surface area (Å²) in [7, 11) is 0. The zero-order valence-electron chi connectivity index (χ0n) is 38.7. The maximum Gasteiger partial charge on any atom is -0.0181 e. The molecule has 0 spiro atoms. The van der Waals surface area contributed by atoms with Crippen molar-refractivity contribution in [1.29, 1.82) is 0 Å². The van der Waals surface area contributed by atoms with Gasteiger partial charge in [-0.2, -0.15) is 0 Å². The predicted octanol–water partition coefficient (Wildman–Crippen LogP) is 18.2. The summed E-state index contributed by atoms with van der Waals surface area (Å²) in [6, 6.07) is 47.3. The number of hydrogen-bond donors (Lipinski definition) is 0. The Bertz CT molecular complexity index is 1530. The van der Waals surface area contributed by atoms with Crippen LogP contribution in [0.3, 0.4) is 0 Å². The normalized spacial score (nSPS) is 8.37. The molecule has 6 aromatic rings. The first kappa shape index (κ1) is 56.3. The number of hydrogen-bond acceptors (Lipinski definition) is 0. The fraction of sp³-hybridized carbons (Fsp3) is 0.370. The highest BCUT2D eigenvalue weighted by molar-refractivity contribution is 5.83. The number of benzene rings is 6. The molecule has 0 aliphatic carbocycles. The van der Waals surface area contributed by atoms with Crippen LogP contribution in [0.5, 0.6) is 0 Å². The molecular weight excluding hydrogens is 649 g/mol. The van der Waals surface area contributed by atoms with Crippen molar-refractivity contribution in [3.63, 3.8) is 0 Å². The minimum atomic E-state index is 1.29. The molecule has 0 saturated carbocycles. The zero-order chi connectivity index (χ0) is 42.5. The van der Waals surface area contributed by atoms with Crippen LogP contribution in [0.1, 0.15) is 128 Å². The van der Waals surface area contributed by atoms with Gasteiger partial charge in [-0.25, -0.2) is 0 Å². The van der Waals surface area contributed by atoms with Crippen LogP contribution < -0.4 is 0 Å². The van der Waals surface area contributed by atoms with Crippen LogP contribution >= 0.6 is 0 Å². The Kier molecular flexibility index (Phi) is 40.0. The van der Waals surface area contributed by atoms with Crippen molar-refractivity contribution in [2.24, 2.45) is 0 Å². The standard InChI is InChI=1S/C14H14.C12H12.2C8H10.6C2H6/c1-11-3-7-13(8-4-11)14-9-5-12(2)6-10-14;1-9-3-5-12-8-10(2)4-6-11(12)7-9;1-7-3-5-8(2)6-4-7;1-7-4-3-5-8(2)6-7;6*1-2/h3-10H,1-2H3;3-8H,1-2H3;2*3-6H,1-2H3;6*1-2H3. The van der Waals surface area contributed by atoms with Gasteiger partial charge in [0.15, 0.2) is 0 Å². The molecule has 0 atom stereocenters. The monoisotopic (exact) mass is 731 g/mol. The first-order valence-electron chi connectivity index (χ1n) is 20.8. The van der Waals surface area contributed by atoms with E-state index in [2.05, 4.69) is 189 Å². The topological polar surface area (TPSA) is 0 Å². The van der Waals surface area contributed by atoms with E-state index >= 15 is 0 Å². The second-order valence-electron chi connectivity index (χ2n) is 11.4. The minimum absolute atomic E-state index is 1.29. The van der Waals surface area contributed by atoms with Crippen LogP contribution in [0.2, 0.25) is 0 Å². The van der Waals surface area contributed by atoms with Gasteiger partial charge < -0.3 is 0 Å². The largest absolute Gasteiger partial charge is 0.0683 e. The van der Waals surface area contributed by atoms with Crippen molar-refractivity contribution in [2.45, 2.75) is 138 Å². The molecule has 54 heavy (non-hydrogen) atoms. The summed E-state index contributed by atoms with van der Waals surface area (Å²) in [5.41, 5.74) is 13.2. The van der Waals surface area contributed by atoms with Gasteiger partial charge in [0.05, 0.1) is 0 Å². The van der Waals surface area contributed by atoms with E-state index in [9.17, 15) is 0 Å². The first-order valence-corrected chi connectivity index (χ1v) is 20.8. The summed E-state index contributed by atoms with van der Waals surface area (Å²) >= 11 is 0. The molecule has 0 N–H and O–H groups in total. The van der Waals surface area contributed by atoms with Crippen molar-refractivity contribution in [3.05, 3.63) is 178 Å². The fourth-order valence-corrected chi connectivity index (χ4v) is 4.42. The van der Waals surface area contributed by atoms with Crippen LogP contribution in [-0.2, 0) is 0 Å². The van der Waals surface area contributed by atoms with Crippen LogP contribution in [0.15, 0.2) is 133 Å². The van der Waals surface area contributed by atoms with Gasteiger partial charge in [-0.3, -0.25) is 0 Å². The van der Waals surface area contributed by atoms with E-state index in [4.69, 9.17) is 0 Å². The van der Waals surface area contributed by atoms with E-state index in [1.165, 1.54) is 66.4 Å². The Morgan fingerprint density at radius 3 is 0.630 bits per heavy atom. The summed E-state index contributed by atoms with van der Waals surface area (Å²) in [6.45, 7) is 40.9.